The molecule has 0 radical (unpaired) electrons. The van der Waals surface area contributed by atoms with Crippen molar-refractivity contribution in [2.24, 2.45) is 0 Å². The molecule has 216 valence electrons. The van der Waals surface area contributed by atoms with Crippen LogP contribution in [0.1, 0.15) is 19.4 Å². The lowest BCUT2D eigenvalue weighted by molar-refractivity contribution is -0.119. The molecule has 0 atom stereocenters. The summed E-state index contributed by atoms with van der Waals surface area (Å²) in [5, 5.41) is 2.83. The molecule has 10 nitrogen and oxygen atoms in total. The van der Waals surface area contributed by atoms with Crippen LogP contribution in [0.4, 0.5) is 11.4 Å². The number of benzene rings is 3. The standard InChI is InChI=1S/C29H37N3O7S/c1-7-31(8-2)22-11-9-21(10-12-22)19-30-29(33)20-32(25-17-23(36-3)13-15-26(25)37-4)40(34,35)24-14-16-27(38-5)28(18-24)39-6/h9-18H,7-8,19-20H2,1-6H3,(H,30,33). The Morgan fingerprint density at radius 3 is 1.98 bits per heavy atom. The van der Waals surface area contributed by atoms with Crippen LogP contribution < -0.4 is 33.5 Å². The van der Waals surface area contributed by atoms with Crippen LogP contribution in [0.2, 0.25) is 0 Å². The highest BCUT2D eigenvalue weighted by Gasteiger charge is 2.31. The van der Waals surface area contributed by atoms with E-state index < -0.39 is 22.5 Å². The van der Waals surface area contributed by atoms with E-state index in [2.05, 4.69) is 24.1 Å². The van der Waals surface area contributed by atoms with Crippen molar-refractivity contribution in [2.75, 3.05) is 57.3 Å². The third-order valence-corrected chi connectivity index (χ3v) is 8.20. The Kier molecular flexibility index (Phi) is 10.5. The predicted molar refractivity (Wildman–Crippen MR) is 155 cm³/mol. The van der Waals surface area contributed by atoms with E-state index in [1.54, 1.807) is 12.1 Å². The van der Waals surface area contributed by atoms with E-state index >= 15 is 0 Å². The van der Waals surface area contributed by atoms with Crippen molar-refractivity contribution < 1.29 is 32.2 Å². The SMILES string of the molecule is CCN(CC)c1ccc(CNC(=O)CN(c2cc(OC)ccc2OC)S(=O)(=O)c2ccc(OC)c(OC)c2)cc1. The number of amides is 1. The van der Waals surface area contributed by atoms with Crippen LogP contribution in [0.3, 0.4) is 0 Å². The number of sulfonamides is 1. The highest BCUT2D eigenvalue weighted by molar-refractivity contribution is 7.92. The summed E-state index contributed by atoms with van der Waals surface area (Å²) < 4.78 is 50.3. The third-order valence-electron chi connectivity index (χ3n) is 6.44. The van der Waals surface area contributed by atoms with Gasteiger partial charge in [-0.05, 0) is 55.8 Å². The maximum atomic E-state index is 14.0. The average Bonchev–Trinajstić information content (AvgIpc) is 2.99. The average molecular weight is 572 g/mol. The van der Waals surface area contributed by atoms with Crippen molar-refractivity contribution in [1.82, 2.24) is 5.32 Å². The van der Waals surface area contributed by atoms with E-state index in [4.69, 9.17) is 18.9 Å². The molecule has 0 aliphatic rings. The molecule has 0 spiro atoms. The van der Waals surface area contributed by atoms with Gasteiger partial charge in [-0.3, -0.25) is 9.10 Å². The first-order chi connectivity index (χ1) is 19.2. The van der Waals surface area contributed by atoms with Gasteiger partial charge in [0.05, 0.1) is 39.0 Å². The number of methoxy groups -OCH3 is 4. The van der Waals surface area contributed by atoms with Gasteiger partial charge in [-0.15, -0.1) is 0 Å². The largest absolute Gasteiger partial charge is 0.497 e. The number of ether oxygens (including phenoxy) is 4. The van der Waals surface area contributed by atoms with Gasteiger partial charge < -0.3 is 29.2 Å². The van der Waals surface area contributed by atoms with E-state index in [1.165, 1.54) is 52.7 Å². The molecule has 0 aliphatic carbocycles. The summed E-state index contributed by atoms with van der Waals surface area (Å²) in [4.78, 5) is 15.3. The van der Waals surface area contributed by atoms with Gasteiger partial charge in [-0.2, -0.15) is 0 Å². The van der Waals surface area contributed by atoms with E-state index in [9.17, 15) is 13.2 Å². The summed E-state index contributed by atoms with van der Waals surface area (Å²) in [6.07, 6.45) is 0. The molecular formula is C29H37N3O7S. The van der Waals surface area contributed by atoms with Crippen molar-refractivity contribution in [3.63, 3.8) is 0 Å². The maximum Gasteiger partial charge on any atom is 0.265 e. The van der Waals surface area contributed by atoms with Gasteiger partial charge in [-0.1, -0.05) is 12.1 Å². The third kappa shape index (κ3) is 6.90. The first-order valence-corrected chi connectivity index (χ1v) is 14.2. The second-order valence-corrected chi connectivity index (χ2v) is 10.5. The van der Waals surface area contributed by atoms with E-state index in [-0.39, 0.29) is 28.6 Å². The van der Waals surface area contributed by atoms with Crippen molar-refractivity contribution in [2.45, 2.75) is 25.3 Å². The van der Waals surface area contributed by atoms with Crippen molar-refractivity contribution >= 4 is 27.3 Å². The number of rotatable bonds is 14. The number of nitrogens with zero attached hydrogens (tertiary/aromatic N) is 2. The van der Waals surface area contributed by atoms with Crippen LogP contribution in [0.25, 0.3) is 0 Å². The van der Waals surface area contributed by atoms with Crippen molar-refractivity contribution in [1.29, 1.82) is 0 Å². The van der Waals surface area contributed by atoms with Gasteiger partial charge in [0.1, 0.15) is 18.0 Å². The zero-order valence-corrected chi connectivity index (χ0v) is 24.6. The highest BCUT2D eigenvalue weighted by Crippen LogP contribution is 2.37. The molecule has 0 saturated heterocycles. The van der Waals surface area contributed by atoms with Crippen LogP contribution in [0.5, 0.6) is 23.0 Å². The van der Waals surface area contributed by atoms with Crippen LogP contribution in [-0.4, -0.2) is 62.4 Å². The van der Waals surface area contributed by atoms with Crippen LogP contribution in [-0.2, 0) is 21.4 Å². The monoisotopic (exact) mass is 571 g/mol. The Morgan fingerprint density at radius 2 is 1.40 bits per heavy atom. The number of carbonyl (C=O) groups excluding carboxylic acids is 1. The molecule has 0 unspecified atom stereocenters. The first kappa shape index (κ1) is 30.4. The molecule has 11 heteroatoms. The smallest absolute Gasteiger partial charge is 0.265 e. The van der Waals surface area contributed by atoms with Gasteiger partial charge in [0.25, 0.3) is 10.0 Å². The Bertz CT molecular complexity index is 1390. The molecule has 1 N–H and O–H groups in total. The molecule has 0 aromatic heterocycles. The molecule has 0 heterocycles. The van der Waals surface area contributed by atoms with Crippen molar-refractivity contribution in [3.8, 4) is 23.0 Å². The molecule has 1 amide bonds. The van der Waals surface area contributed by atoms with Gasteiger partial charge >= 0.3 is 0 Å². The summed E-state index contributed by atoms with van der Waals surface area (Å²) in [6.45, 7) is 5.71. The molecule has 3 aromatic carbocycles. The Morgan fingerprint density at radius 1 is 0.775 bits per heavy atom. The molecule has 0 saturated carbocycles. The minimum absolute atomic E-state index is 0.0881. The summed E-state index contributed by atoms with van der Waals surface area (Å²) in [6, 6.07) is 16.9. The molecule has 40 heavy (non-hydrogen) atoms. The number of hydrogen-bond acceptors (Lipinski definition) is 8. The topological polar surface area (TPSA) is 107 Å². The predicted octanol–water partition coefficient (Wildman–Crippen LogP) is 4.08. The number of anilines is 2. The Labute approximate surface area is 236 Å². The molecule has 3 rings (SSSR count). The molecule has 0 aliphatic heterocycles. The van der Waals surface area contributed by atoms with E-state index in [1.807, 2.05) is 24.3 Å². The van der Waals surface area contributed by atoms with Gasteiger partial charge in [0.2, 0.25) is 5.91 Å². The maximum absolute atomic E-state index is 14.0. The molecule has 0 bridgehead atoms. The zero-order valence-electron chi connectivity index (χ0n) is 23.8. The lowest BCUT2D eigenvalue weighted by Crippen LogP contribution is -2.41. The summed E-state index contributed by atoms with van der Waals surface area (Å²) in [5.74, 6) is 0.763. The lowest BCUT2D eigenvalue weighted by atomic mass is 10.2. The fraction of sp³-hybridized carbons (Fsp3) is 0.345. The summed E-state index contributed by atoms with van der Waals surface area (Å²) >= 11 is 0. The Hall–Kier alpha value is -4.12. The van der Waals surface area contributed by atoms with Crippen LogP contribution >= 0.6 is 0 Å². The first-order valence-electron chi connectivity index (χ1n) is 12.8. The molecule has 0 fully saturated rings. The normalized spacial score (nSPS) is 10.9. The fourth-order valence-corrected chi connectivity index (χ4v) is 5.64. The minimum atomic E-state index is -4.27. The summed E-state index contributed by atoms with van der Waals surface area (Å²) in [7, 11) is 1.50. The summed E-state index contributed by atoms with van der Waals surface area (Å²) in [5.41, 5.74) is 2.13. The highest BCUT2D eigenvalue weighted by atomic mass is 32.2. The van der Waals surface area contributed by atoms with Gasteiger partial charge in [0, 0.05) is 37.5 Å². The second kappa shape index (κ2) is 13.8. The molecule has 3 aromatic rings. The quantitative estimate of drug-likeness (QED) is 0.309. The van der Waals surface area contributed by atoms with Crippen LogP contribution in [0.15, 0.2) is 65.6 Å². The van der Waals surface area contributed by atoms with Crippen molar-refractivity contribution in [3.05, 3.63) is 66.2 Å². The number of carbonyl (C=O) groups is 1. The second-order valence-electron chi connectivity index (χ2n) is 8.68. The van der Waals surface area contributed by atoms with Crippen LogP contribution in [0, 0.1) is 0 Å². The zero-order chi connectivity index (χ0) is 29.3. The number of hydrogen-bond donors (Lipinski definition) is 1. The van der Waals surface area contributed by atoms with E-state index in [0.717, 1.165) is 28.6 Å². The fourth-order valence-electron chi connectivity index (χ4n) is 4.20. The van der Waals surface area contributed by atoms with Gasteiger partial charge in [-0.25, -0.2) is 8.42 Å². The molecular weight excluding hydrogens is 534 g/mol. The Balaban J connectivity index is 1.93. The minimum Gasteiger partial charge on any atom is -0.497 e. The van der Waals surface area contributed by atoms with Gasteiger partial charge in [0.15, 0.2) is 11.5 Å². The number of nitrogens with one attached hydrogen (secondary N) is 1. The van der Waals surface area contributed by atoms with E-state index in [0.29, 0.717) is 11.5 Å². The lowest BCUT2D eigenvalue weighted by Gasteiger charge is -2.26.